The Morgan fingerprint density at radius 3 is 2.92 bits per heavy atom. The zero-order valence-electron chi connectivity index (χ0n) is 14.7. The molecule has 1 amide bonds. The van der Waals surface area contributed by atoms with Gasteiger partial charge in [-0.15, -0.1) is 10.2 Å². The van der Waals surface area contributed by atoms with E-state index in [2.05, 4.69) is 29.1 Å². The number of methoxy groups -OCH3 is 1. The minimum Gasteiger partial charge on any atom is -0.384 e. The zero-order valence-corrected chi connectivity index (χ0v) is 14.7. The number of carbonyl (C=O) groups excluding carboxylic acids is 1. The third-order valence-electron chi connectivity index (χ3n) is 4.46. The first kappa shape index (κ1) is 16.6. The van der Waals surface area contributed by atoms with Gasteiger partial charge in [-0.2, -0.15) is 5.10 Å². The monoisotopic (exact) mass is 332 g/mol. The molecule has 8 nitrogen and oxygen atoms in total. The van der Waals surface area contributed by atoms with Crippen LogP contribution in [0.2, 0.25) is 0 Å². The summed E-state index contributed by atoms with van der Waals surface area (Å²) in [6.07, 6.45) is 2.93. The summed E-state index contributed by atoms with van der Waals surface area (Å²) in [5.41, 5.74) is 3.06. The van der Waals surface area contributed by atoms with Gasteiger partial charge < -0.3 is 14.2 Å². The molecule has 1 aliphatic heterocycles. The van der Waals surface area contributed by atoms with Gasteiger partial charge in [0, 0.05) is 51.0 Å². The molecule has 0 spiro atoms. The molecule has 2 aromatic heterocycles. The van der Waals surface area contributed by atoms with E-state index in [4.69, 9.17) is 4.74 Å². The van der Waals surface area contributed by atoms with Crippen molar-refractivity contribution < 1.29 is 9.53 Å². The molecule has 2 aromatic rings. The molecule has 130 valence electrons. The van der Waals surface area contributed by atoms with Crippen molar-refractivity contribution >= 4 is 5.91 Å². The maximum Gasteiger partial charge on any atom is 0.225 e. The number of rotatable bonds is 5. The van der Waals surface area contributed by atoms with Crippen molar-refractivity contribution in [2.45, 2.75) is 39.3 Å². The highest BCUT2D eigenvalue weighted by molar-refractivity contribution is 5.77. The molecule has 0 saturated carbocycles. The van der Waals surface area contributed by atoms with Crippen LogP contribution in [-0.2, 0) is 29.5 Å². The lowest BCUT2D eigenvalue weighted by Gasteiger charge is -2.27. The SMILES string of the molecule is COCCC(=O)N1CCc2c(c(-c3nncn3C(C)C)nn2C)C1. The number of amides is 1. The largest absolute Gasteiger partial charge is 0.384 e. The molecule has 0 N–H and O–H groups in total. The van der Waals surface area contributed by atoms with Crippen LogP contribution in [0.1, 0.15) is 37.6 Å². The Labute approximate surface area is 141 Å². The third-order valence-corrected chi connectivity index (χ3v) is 4.46. The Morgan fingerprint density at radius 2 is 2.21 bits per heavy atom. The molecule has 3 rings (SSSR count). The van der Waals surface area contributed by atoms with Gasteiger partial charge in [-0.05, 0) is 13.8 Å². The minimum atomic E-state index is 0.114. The van der Waals surface area contributed by atoms with Gasteiger partial charge >= 0.3 is 0 Å². The summed E-state index contributed by atoms with van der Waals surface area (Å²) in [6, 6.07) is 0.246. The van der Waals surface area contributed by atoms with Gasteiger partial charge in [0.1, 0.15) is 12.0 Å². The molecule has 0 fully saturated rings. The Morgan fingerprint density at radius 1 is 1.42 bits per heavy atom. The Kier molecular flexibility index (Phi) is 4.66. The third kappa shape index (κ3) is 2.93. The quantitative estimate of drug-likeness (QED) is 0.821. The van der Waals surface area contributed by atoms with Crippen molar-refractivity contribution in [2.75, 3.05) is 20.3 Å². The fraction of sp³-hybridized carbons (Fsp3) is 0.625. The van der Waals surface area contributed by atoms with Gasteiger partial charge in [-0.25, -0.2) is 0 Å². The van der Waals surface area contributed by atoms with E-state index in [-0.39, 0.29) is 11.9 Å². The standard InChI is InChI=1S/C16H24N6O2/c1-11(2)22-10-17-18-16(22)15-12-9-21(14(23)6-8-24-4)7-5-13(12)20(3)19-15/h10-11H,5-9H2,1-4H3. The lowest BCUT2D eigenvalue weighted by atomic mass is 10.0. The molecule has 0 radical (unpaired) electrons. The lowest BCUT2D eigenvalue weighted by Crippen LogP contribution is -2.36. The van der Waals surface area contributed by atoms with Crippen molar-refractivity contribution in [1.82, 2.24) is 29.4 Å². The fourth-order valence-corrected chi connectivity index (χ4v) is 3.12. The second kappa shape index (κ2) is 6.72. The molecule has 1 aliphatic rings. The average molecular weight is 332 g/mol. The van der Waals surface area contributed by atoms with E-state index in [0.29, 0.717) is 26.1 Å². The maximum absolute atomic E-state index is 12.3. The van der Waals surface area contributed by atoms with Gasteiger partial charge in [-0.3, -0.25) is 9.48 Å². The van der Waals surface area contributed by atoms with Crippen LogP contribution in [0.3, 0.4) is 0 Å². The second-order valence-corrected chi connectivity index (χ2v) is 6.36. The van der Waals surface area contributed by atoms with Crippen LogP contribution >= 0.6 is 0 Å². The number of ether oxygens (including phenoxy) is 1. The predicted octanol–water partition coefficient (Wildman–Crippen LogP) is 1.18. The smallest absolute Gasteiger partial charge is 0.225 e. The highest BCUT2D eigenvalue weighted by Gasteiger charge is 2.29. The van der Waals surface area contributed by atoms with Crippen molar-refractivity contribution in [1.29, 1.82) is 0 Å². The molecule has 0 aliphatic carbocycles. The summed E-state index contributed by atoms with van der Waals surface area (Å²) in [5.74, 6) is 0.871. The van der Waals surface area contributed by atoms with Crippen LogP contribution < -0.4 is 0 Å². The highest BCUT2D eigenvalue weighted by Crippen LogP contribution is 2.29. The number of aromatic nitrogens is 5. The van der Waals surface area contributed by atoms with Crippen LogP contribution in [0.25, 0.3) is 11.5 Å². The van der Waals surface area contributed by atoms with Crippen molar-refractivity contribution in [2.24, 2.45) is 7.05 Å². The average Bonchev–Trinajstić information content (AvgIpc) is 3.17. The zero-order chi connectivity index (χ0) is 17.3. The van der Waals surface area contributed by atoms with Crippen LogP contribution in [-0.4, -0.2) is 55.6 Å². The first-order chi connectivity index (χ1) is 11.5. The summed E-state index contributed by atoms with van der Waals surface area (Å²) >= 11 is 0. The first-order valence-corrected chi connectivity index (χ1v) is 8.24. The van der Waals surface area contributed by atoms with E-state index >= 15 is 0 Å². The van der Waals surface area contributed by atoms with Gasteiger partial charge in [0.15, 0.2) is 5.82 Å². The van der Waals surface area contributed by atoms with Crippen molar-refractivity contribution in [3.8, 4) is 11.5 Å². The summed E-state index contributed by atoms with van der Waals surface area (Å²) in [7, 11) is 3.56. The van der Waals surface area contributed by atoms with Crippen molar-refractivity contribution in [3.05, 3.63) is 17.6 Å². The Balaban J connectivity index is 1.93. The summed E-state index contributed by atoms with van der Waals surface area (Å²) in [6.45, 7) is 5.90. The summed E-state index contributed by atoms with van der Waals surface area (Å²) in [4.78, 5) is 14.2. The predicted molar refractivity (Wildman–Crippen MR) is 88.2 cm³/mol. The molecular formula is C16H24N6O2. The molecule has 0 unspecified atom stereocenters. The highest BCUT2D eigenvalue weighted by atomic mass is 16.5. The van der Waals surface area contributed by atoms with E-state index in [1.54, 1.807) is 13.4 Å². The van der Waals surface area contributed by atoms with Crippen LogP contribution in [0.5, 0.6) is 0 Å². The number of aryl methyl sites for hydroxylation is 1. The van der Waals surface area contributed by atoms with Crippen LogP contribution in [0, 0.1) is 0 Å². The topological polar surface area (TPSA) is 78.1 Å². The first-order valence-electron chi connectivity index (χ1n) is 8.24. The number of hydrogen-bond acceptors (Lipinski definition) is 5. The lowest BCUT2D eigenvalue weighted by molar-refractivity contribution is -0.133. The molecule has 0 bridgehead atoms. The molecule has 8 heteroatoms. The van der Waals surface area contributed by atoms with E-state index in [1.807, 2.05) is 21.2 Å². The maximum atomic E-state index is 12.3. The molecule has 0 aromatic carbocycles. The van der Waals surface area contributed by atoms with Gasteiger partial charge in [0.05, 0.1) is 13.0 Å². The van der Waals surface area contributed by atoms with E-state index < -0.39 is 0 Å². The van der Waals surface area contributed by atoms with Gasteiger partial charge in [0.2, 0.25) is 5.91 Å². The van der Waals surface area contributed by atoms with E-state index in [0.717, 1.165) is 23.5 Å². The second-order valence-electron chi connectivity index (χ2n) is 6.36. The van der Waals surface area contributed by atoms with E-state index in [9.17, 15) is 4.79 Å². The number of carbonyl (C=O) groups is 1. The minimum absolute atomic E-state index is 0.114. The molecular weight excluding hydrogens is 308 g/mol. The van der Waals surface area contributed by atoms with E-state index in [1.165, 1.54) is 5.69 Å². The summed E-state index contributed by atoms with van der Waals surface area (Å²) < 4.78 is 8.93. The number of hydrogen-bond donors (Lipinski definition) is 0. The Bertz CT molecular complexity index is 733. The number of fused-ring (bicyclic) bond motifs is 1. The molecule has 24 heavy (non-hydrogen) atoms. The van der Waals surface area contributed by atoms with Crippen molar-refractivity contribution in [3.63, 3.8) is 0 Å². The Hall–Kier alpha value is -2.22. The van der Waals surface area contributed by atoms with Gasteiger partial charge in [-0.1, -0.05) is 0 Å². The van der Waals surface area contributed by atoms with Crippen LogP contribution in [0.4, 0.5) is 0 Å². The molecule has 0 atom stereocenters. The normalized spacial score (nSPS) is 14.3. The number of nitrogens with zero attached hydrogens (tertiary/aromatic N) is 6. The molecule has 0 saturated heterocycles. The summed E-state index contributed by atoms with van der Waals surface area (Å²) in [5, 5.41) is 13.0. The molecule has 3 heterocycles. The van der Waals surface area contributed by atoms with Crippen LogP contribution in [0.15, 0.2) is 6.33 Å². The van der Waals surface area contributed by atoms with Gasteiger partial charge in [0.25, 0.3) is 0 Å². The fourth-order valence-electron chi connectivity index (χ4n) is 3.12.